The van der Waals surface area contributed by atoms with E-state index in [4.69, 9.17) is 9.97 Å². The van der Waals surface area contributed by atoms with Gasteiger partial charge in [0, 0.05) is 33.3 Å². The van der Waals surface area contributed by atoms with Crippen molar-refractivity contribution in [2.45, 2.75) is 132 Å². The summed E-state index contributed by atoms with van der Waals surface area (Å²) in [5.74, 6) is -0.00826. The Bertz CT molecular complexity index is 4250. The molecule has 9 aliphatic rings. The van der Waals surface area contributed by atoms with E-state index in [2.05, 4.69) is 150 Å². The number of aromatic nitrogens is 4. The van der Waals surface area contributed by atoms with Crippen LogP contribution in [0.3, 0.4) is 0 Å². The first-order valence-electron chi connectivity index (χ1n) is 28.2. The predicted molar refractivity (Wildman–Crippen MR) is 311 cm³/mol. The highest BCUT2D eigenvalue weighted by atomic mass is 16.1. The molecule has 0 saturated carbocycles. The zero-order valence-electron chi connectivity index (χ0n) is 45.4. The molecule has 4 aromatic carbocycles. The summed E-state index contributed by atoms with van der Waals surface area (Å²) >= 11 is 0. The van der Waals surface area contributed by atoms with E-state index in [0.29, 0.717) is 24.0 Å². The lowest BCUT2D eigenvalue weighted by Gasteiger charge is -2.15. The maximum Gasteiger partial charge on any atom is 0.182 e. The standard InChI is InChI=1S/C70H66N4O2/c1-9-45-37(5)67-65-53-25-17-23-51-49-29-27-41(31-55(49)63(51)53)19-13-15-21-43-33-62(76)44(34-61(43)75)22-16-14-20-42-28-30-50-52-24-18-26-54(64(52)56(50)32-42)66(69-38(6)46(10-2)58(72-69)35-57(45)71-67)70-40(8)48(12-4)60(74-70)36-59-47(11-3)39(7)68(65)73-59/h17-18,23-36,71,74H,9-16,19-22H2,1-8H3. The minimum absolute atomic E-state index is 0.00413. The number of aromatic amines is 2. The van der Waals surface area contributed by atoms with Crippen LogP contribution in [0, 0.1) is 55.6 Å². The molecule has 6 aliphatic heterocycles. The normalized spacial score (nSPS) is 15.8. The third kappa shape index (κ3) is 7.34. The van der Waals surface area contributed by atoms with E-state index in [1.807, 2.05) is 0 Å². The lowest BCUT2D eigenvalue weighted by Crippen LogP contribution is -2.13. The third-order valence-electron chi connectivity index (χ3n) is 18.0. The Hall–Kier alpha value is -7.70. The Morgan fingerprint density at radius 1 is 0.461 bits per heavy atom. The smallest absolute Gasteiger partial charge is 0.182 e. The highest BCUT2D eigenvalue weighted by Gasteiger charge is 2.28. The van der Waals surface area contributed by atoms with Crippen LogP contribution in [0.25, 0.3) is 66.6 Å². The molecule has 0 spiro atoms. The van der Waals surface area contributed by atoms with Gasteiger partial charge in [0.05, 0.1) is 33.8 Å². The monoisotopic (exact) mass is 995 g/mol. The first kappa shape index (κ1) is 48.0. The summed E-state index contributed by atoms with van der Waals surface area (Å²) in [6.45, 7) is 18.3. The molecule has 0 saturated heterocycles. The quantitative estimate of drug-likeness (QED) is 0.172. The highest BCUT2D eigenvalue weighted by molar-refractivity contribution is 6.20. The molecule has 0 fully saturated rings. The largest absolute Gasteiger partial charge is 0.354 e. The Morgan fingerprint density at radius 2 is 0.882 bits per heavy atom. The highest BCUT2D eigenvalue weighted by Crippen LogP contribution is 2.45. The lowest BCUT2D eigenvalue weighted by atomic mass is 9.88. The maximum atomic E-state index is 13.5. The molecule has 0 amide bonds. The Morgan fingerprint density at radius 3 is 1.29 bits per heavy atom. The van der Waals surface area contributed by atoms with Crippen molar-refractivity contribution in [2.24, 2.45) is 0 Å². The van der Waals surface area contributed by atoms with Gasteiger partial charge in [0.15, 0.2) is 11.6 Å². The Kier molecular flexibility index (Phi) is 11.7. The number of allylic oxidation sites excluding steroid dienone is 8. The van der Waals surface area contributed by atoms with Gasteiger partial charge in [0.1, 0.15) is 0 Å². The molecule has 0 radical (unpaired) electrons. The van der Waals surface area contributed by atoms with Gasteiger partial charge in [0.25, 0.3) is 0 Å². The average molecular weight is 995 g/mol. The van der Waals surface area contributed by atoms with Crippen molar-refractivity contribution in [2.75, 3.05) is 0 Å². The topological polar surface area (TPSA) is 91.5 Å². The molecule has 378 valence electrons. The average Bonchev–Trinajstić information content (AvgIpc) is 4.12. The zero-order valence-corrected chi connectivity index (χ0v) is 45.4. The molecule has 7 aromatic rings. The van der Waals surface area contributed by atoms with Gasteiger partial charge in [-0.2, -0.15) is 0 Å². The van der Waals surface area contributed by atoms with E-state index in [1.165, 1.54) is 109 Å². The van der Waals surface area contributed by atoms with Crippen molar-refractivity contribution in [3.8, 4) is 22.3 Å². The van der Waals surface area contributed by atoms with E-state index in [1.54, 1.807) is 12.2 Å². The van der Waals surface area contributed by atoms with E-state index in [9.17, 15) is 9.59 Å². The molecule has 16 rings (SSSR count). The van der Waals surface area contributed by atoms with Crippen molar-refractivity contribution >= 4 is 55.9 Å². The predicted octanol–water partition coefficient (Wildman–Crippen LogP) is 16.3. The van der Waals surface area contributed by atoms with Crippen LogP contribution in [-0.2, 0) is 35.3 Å². The van der Waals surface area contributed by atoms with Crippen LogP contribution in [0.1, 0.15) is 149 Å². The van der Waals surface area contributed by atoms with Gasteiger partial charge >= 0.3 is 0 Å². The summed E-state index contributed by atoms with van der Waals surface area (Å²) in [6, 6.07) is 32.3. The van der Waals surface area contributed by atoms with E-state index < -0.39 is 0 Å². The van der Waals surface area contributed by atoms with Crippen molar-refractivity contribution in [3.05, 3.63) is 206 Å². The van der Waals surface area contributed by atoms with E-state index in [-0.39, 0.29) is 11.6 Å². The molecule has 6 nitrogen and oxygen atoms in total. The SMILES string of the molecule is CCC1=C(C)c2nc1cc1[nH]c(c(C)c1CC)c1c3nc(cc4[nH]c(c(C)c4CC)c2-c2cccc4c2=c2cc(ccc2=4)CCCCC2=CC(=O)C(=CC2=O)CCCCc2ccc4c(c2)=c2c-1cccc2=4)C(CC)=C3C. The molecule has 3 aromatic heterocycles. The van der Waals surface area contributed by atoms with E-state index in [0.717, 1.165) is 120 Å². The first-order chi connectivity index (χ1) is 37.0. The minimum Gasteiger partial charge on any atom is -0.354 e. The number of rotatable bonds is 4. The van der Waals surface area contributed by atoms with Gasteiger partial charge in [-0.1, -0.05) is 100 Å². The molecule has 16 bridgehead atoms. The first-order valence-corrected chi connectivity index (χ1v) is 28.2. The number of carbonyl (C=O) groups excluding carboxylic acids is 2. The fourth-order valence-electron chi connectivity index (χ4n) is 14.0. The minimum atomic E-state index is -0.00413. The van der Waals surface area contributed by atoms with Gasteiger partial charge in [-0.05, 0) is 238 Å². The van der Waals surface area contributed by atoms with Gasteiger partial charge in [-0.15, -0.1) is 0 Å². The molecule has 6 heteroatoms. The number of hydrogen-bond acceptors (Lipinski definition) is 4. The van der Waals surface area contributed by atoms with Crippen LogP contribution in [-0.4, -0.2) is 31.5 Å². The fraction of sp³-hybridized carbons (Fsp3) is 0.286. The lowest BCUT2D eigenvalue weighted by molar-refractivity contribution is -0.115. The van der Waals surface area contributed by atoms with Crippen LogP contribution >= 0.6 is 0 Å². The Labute approximate surface area is 444 Å². The number of hydrogen-bond donors (Lipinski definition) is 2. The second-order valence-corrected chi connectivity index (χ2v) is 22.1. The zero-order chi connectivity index (χ0) is 52.3. The summed E-state index contributed by atoms with van der Waals surface area (Å²) in [4.78, 5) is 46.8. The second kappa shape index (κ2) is 18.5. The third-order valence-corrected chi connectivity index (χ3v) is 18.0. The van der Waals surface area contributed by atoms with E-state index >= 15 is 0 Å². The number of H-pyrrole nitrogens is 2. The van der Waals surface area contributed by atoms with Crippen LogP contribution in [0.5, 0.6) is 0 Å². The fourth-order valence-corrected chi connectivity index (χ4v) is 14.0. The molecular formula is C70H66N4O2. The molecule has 2 N–H and O–H groups in total. The van der Waals surface area contributed by atoms with Gasteiger partial charge in [0.2, 0.25) is 0 Å². The summed E-state index contributed by atoms with van der Waals surface area (Å²) in [5, 5.41) is 10.2. The molecule has 0 atom stereocenters. The van der Waals surface area contributed by atoms with Crippen molar-refractivity contribution in [1.29, 1.82) is 0 Å². The molecule has 9 heterocycles. The summed E-state index contributed by atoms with van der Waals surface area (Å²) in [5.41, 5.74) is 27.0. The second-order valence-electron chi connectivity index (χ2n) is 22.1. The number of ketones is 2. The molecule has 3 aliphatic carbocycles. The van der Waals surface area contributed by atoms with Crippen LogP contribution in [0.4, 0.5) is 0 Å². The van der Waals surface area contributed by atoms with Gasteiger partial charge in [-0.3, -0.25) is 9.59 Å². The van der Waals surface area contributed by atoms with Crippen molar-refractivity contribution in [3.63, 3.8) is 0 Å². The van der Waals surface area contributed by atoms with Crippen molar-refractivity contribution < 1.29 is 9.59 Å². The number of nitrogens with one attached hydrogen (secondary N) is 2. The molecule has 76 heavy (non-hydrogen) atoms. The number of carbonyl (C=O) groups is 2. The van der Waals surface area contributed by atoms with Crippen LogP contribution < -0.4 is 0 Å². The molecule has 0 unspecified atom stereocenters. The van der Waals surface area contributed by atoms with Gasteiger partial charge < -0.3 is 9.97 Å². The summed E-state index contributed by atoms with van der Waals surface area (Å²) < 4.78 is 0. The maximum absolute atomic E-state index is 13.5. The van der Waals surface area contributed by atoms with Crippen LogP contribution in [0.15, 0.2) is 108 Å². The number of aryl methyl sites for hydroxylation is 6. The Balaban J connectivity index is 1.15. The number of benzene rings is 4. The molecular weight excluding hydrogens is 929 g/mol. The number of nitrogens with zero attached hydrogens (tertiary/aromatic N) is 2. The van der Waals surface area contributed by atoms with Crippen LogP contribution in [0.2, 0.25) is 0 Å². The summed E-state index contributed by atoms with van der Waals surface area (Å²) in [7, 11) is 0. The van der Waals surface area contributed by atoms with Gasteiger partial charge in [-0.25, -0.2) is 9.97 Å². The summed E-state index contributed by atoms with van der Waals surface area (Å²) in [6.07, 6.45) is 13.2. The van der Waals surface area contributed by atoms with Crippen molar-refractivity contribution in [1.82, 2.24) is 19.9 Å².